The molecule has 18 heavy (non-hydrogen) atoms. The van der Waals surface area contributed by atoms with Crippen LogP contribution in [0.5, 0.6) is 0 Å². The Bertz CT molecular complexity index is 425. The first kappa shape index (κ1) is 15.6. The van der Waals surface area contributed by atoms with Gasteiger partial charge in [0.25, 0.3) is 5.91 Å². The van der Waals surface area contributed by atoms with Crippen LogP contribution >= 0.6 is 31.9 Å². The Balaban J connectivity index is 2.98. The van der Waals surface area contributed by atoms with Gasteiger partial charge in [-0.05, 0) is 40.9 Å². The maximum Gasteiger partial charge on any atom is 0.252 e. The van der Waals surface area contributed by atoms with Gasteiger partial charge in [0.15, 0.2) is 0 Å². The van der Waals surface area contributed by atoms with Crippen molar-refractivity contribution in [2.75, 3.05) is 5.33 Å². The van der Waals surface area contributed by atoms with Crippen LogP contribution in [0.4, 0.5) is 4.39 Å². The van der Waals surface area contributed by atoms with E-state index in [0.29, 0.717) is 10.9 Å². The van der Waals surface area contributed by atoms with Crippen molar-refractivity contribution in [3.05, 3.63) is 34.1 Å². The molecule has 0 aliphatic rings. The zero-order chi connectivity index (χ0) is 13.8. The maximum atomic E-state index is 13.4. The number of rotatable bonds is 5. The molecule has 0 aliphatic carbocycles. The molecule has 0 saturated carbocycles. The molecule has 1 aromatic rings. The molecule has 0 aromatic heterocycles. The second kappa shape index (κ2) is 6.66. The Kier molecular flexibility index (Phi) is 5.79. The number of halogens is 3. The van der Waals surface area contributed by atoms with Crippen LogP contribution in [0.25, 0.3) is 0 Å². The second-order valence-electron chi connectivity index (χ2n) is 4.18. The Labute approximate surface area is 124 Å². The maximum absolute atomic E-state index is 13.4. The standard InChI is InChI=1S/C13H16Br2FNO/c1-3-13(4-2,8-14)17-12(18)9-6-5-7-10(16)11(9)15/h5-7H,3-4,8H2,1-2H3,(H,17,18). The molecule has 0 aliphatic heterocycles. The molecule has 0 heterocycles. The van der Waals surface area contributed by atoms with Gasteiger partial charge in [0.2, 0.25) is 0 Å². The summed E-state index contributed by atoms with van der Waals surface area (Å²) in [4.78, 5) is 12.2. The summed E-state index contributed by atoms with van der Waals surface area (Å²) < 4.78 is 13.6. The van der Waals surface area contributed by atoms with Crippen LogP contribution in [-0.2, 0) is 0 Å². The van der Waals surface area contributed by atoms with Gasteiger partial charge in [0.1, 0.15) is 5.82 Å². The van der Waals surface area contributed by atoms with E-state index in [1.54, 1.807) is 6.07 Å². The van der Waals surface area contributed by atoms with Crippen LogP contribution in [0.1, 0.15) is 37.0 Å². The summed E-state index contributed by atoms with van der Waals surface area (Å²) in [7, 11) is 0. The molecule has 0 bridgehead atoms. The van der Waals surface area contributed by atoms with E-state index in [9.17, 15) is 9.18 Å². The molecule has 0 fully saturated rings. The van der Waals surface area contributed by atoms with Gasteiger partial charge in [-0.3, -0.25) is 4.79 Å². The van der Waals surface area contributed by atoms with Crippen molar-refractivity contribution in [2.24, 2.45) is 0 Å². The molecule has 100 valence electrons. The molecule has 0 spiro atoms. The summed E-state index contributed by atoms with van der Waals surface area (Å²) in [6, 6.07) is 4.45. The average molecular weight is 381 g/mol. The molecule has 2 nitrogen and oxygen atoms in total. The third kappa shape index (κ3) is 3.32. The fourth-order valence-electron chi connectivity index (χ4n) is 1.64. The summed E-state index contributed by atoms with van der Waals surface area (Å²) in [5.41, 5.74) is 0.0327. The topological polar surface area (TPSA) is 29.1 Å². The molecule has 1 N–H and O–H groups in total. The summed E-state index contributed by atoms with van der Waals surface area (Å²) >= 11 is 6.53. The van der Waals surface area contributed by atoms with Crippen LogP contribution in [-0.4, -0.2) is 16.8 Å². The summed E-state index contributed by atoms with van der Waals surface area (Å²) in [6.07, 6.45) is 1.63. The minimum Gasteiger partial charge on any atom is -0.346 e. The Morgan fingerprint density at radius 2 is 2.00 bits per heavy atom. The minimum atomic E-state index is -0.430. The molecule has 0 radical (unpaired) electrons. The number of carbonyl (C=O) groups is 1. The lowest BCUT2D eigenvalue weighted by molar-refractivity contribution is 0.0902. The van der Waals surface area contributed by atoms with Crippen molar-refractivity contribution in [3.8, 4) is 0 Å². The van der Waals surface area contributed by atoms with Crippen molar-refractivity contribution < 1.29 is 9.18 Å². The van der Waals surface area contributed by atoms with Gasteiger partial charge in [-0.2, -0.15) is 0 Å². The summed E-state index contributed by atoms with van der Waals surface area (Å²) in [5.74, 6) is -0.690. The first-order valence-corrected chi connectivity index (χ1v) is 7.73. The lowest BCUT2D eigenvalue weighted by Crippen LogP contribution is -2.49. The SMILES string of the molecule is CCC(CC)(CBr)NC(=O)c1cccc(F)c1Br. The molecule has 0 saturated heterocycles. The number of amides is 1. The quantitative estimate of drug-likeness (QED) is 0.759. The van der Waals surface area contributed by atoms with Crippen LogP contribution in [0.15, 0.2) is 22.7 Å². The van der Waals surface area contributed by atoms with Gasteiger partial charge >= 0.3 is 0 Å². The van der Waals surface area contributed by atoms with E-state index in [0.717, 1.165) is 12.8 Å². The van der Waals surface area contributed by atoms with E-state index in [1.807, 2.05) is 13.8 Å². The molecule has 0 unspecified atom stereocenters. The fraction of sp³-hybridized carbons (Fsp3) is 0.462. The highest BCUT2D eigenvalue weighted by molar-refractivity contribution is 9.10. The molecule has 1 rings (SSSR count). The van der Waals surface area contributed by atoms with Crippen molar-refractivity contribution in [3.63, 3.8) is 0 Å². The van der Waals surface area contributed by atoms with Crippen LogP contribution < -0.4 is 5.32 Å². The van der Waals surface area contributed by atoms with Crippen LogP contribution in [0, 0.1) is 5.82 Å². The van der Waals surface area contributed by atoms with E-state index in [2.05, 4.69) is 37.2 Å². The van der Waals surface area contributed by atoms with Gasteiger partial charge in [-0.15, -0.1) is 0 Å². The lowest BCUT2D eigenvalue weighted by atomic mass is 9.95. The number of hydrogen-bond donors (Lipinski definition) is 1. The first-order valence-electron chi connectivity index (χ1n) is 5.82. The highest BCUT2D eigenvalue weighted by Crippen LogP contribution is 2.23. The predicted octanol–water partition coefficient (Wildman–Crippen LogP) is 4.27. The van der Waals surface area contributed by atoms with E-state index in [4.69, 9.17) is 0 Å². The number of hydrogen-bond acceptors (Lipinski definition) is 1. The molecule has 1 amide bonds. The predicted molar refractivity (Wildman–Crippen MR) is 78.7 cm³/mol. The Morgan fingerprint density at radius 3 is 2.50 bits per heavy atom. The Hall–Kier alpha value is -0.420. The number of benzene rings is 1. The summed E-state index contributed by atoms with van der Waals surface area (Å²) in [5, 5.41) is 3.65. The van der Waals surface area contributed by atoms with Crippen molar-refractivity contribution in [1.82, 2.24) is 5.32 Å². The van der Waals surface area contributed by atoms with Gasteiger partial charge < -0.3 is 5.32 Å². The number of nitrogens with one attached hydrogen (secondary N) is 1. The van der Waals surface area contributed by atoms with Crippen molar-refractivity contribution >= 4 is 37.8 Å². The Morgan fingerprint density at radius 1 is 1.39 bits per heavy atom. The van der Waals surface area contributed by atoms with Gasteiger partial charge in [-0.1, -0.05) is 35.8 Å². The molecular weight excluding hydrogens is 365 g/mol. The van der Waals surface area contributed by atoms with Crippen LogP contribution in [0.3, 0.4) is 0 Å². The highest BCUT2D eigenvalue weighted by atomic mass is 79.9. The van der Waals surface area contributed by atoms with E-state index in [-0.39, 0.29) is 15.9 Å². The highest BCUT2D eigenvalue weighted by Gasteiger charge is 2.28. The van der Waals surface area contributed by atoms with E-state index < -0.39 is 5.82 Å². The van der Waals surface area contributed by atoms with Gasteiger partial charge in [0.05, 0.1) is 10.0 Å². The van der Waals surface area contributed by atoms with Gasteiger partial charge in [0, 0.05) is 10.9 Å². The molecule has 5 heteroatoms. The first-order chi connectivity index (χ1) is 8.49. The minimum absolute atomic E-state index is 0.207. The fourth-order valence-corrected chi connectivity index (χ4v) is 3.01. The average Bonchev–Trinajstić information content (AvgIpc) is 2.39. The second-order valence-corrected chi connectivity index (χ2v) is 5.53. The third-order valence-electron chi connectivity index (χ3n) is 3.18. The zero-order valence-corrected chi connectivity index (χ0v) is 13.6. The molecular formula is C13H16Br2FNO. The van der Waals surface area contributed by atoms with Gasteiger partial charge in [-0.25, -0.2) is 4.39 Å². The number of alkyl halides is 1. The summed E-state index contributed by atoms with van der Waals surface area (Å²) in [6.45, 7) is 4.04. The zero-order valence-electron chi connectivity index (χ0n) is 10.4. The third-order valence-corrected chi connectivity index (χ3v) is 5.06. The van der Waals surface area contributed by atoms with Crippen molar-refractivity contribution in [2.45, 2.75) is 32.2 Å². The largest absolute Gasteiger partial charge is 0.346 e. The lowest BCUT2D eigenvalue weighted by Gasteiger charge is -2.31. The molecule has 0 atom stereocenters. The normalized spacial score (nSPS) is 11.4. The number of carbonyl (C=O) groups excluding carboxylic acids is 1. The van der Waals surface area contributed by atoms with Crippen molar-refractivity contribution in [1.29, 1.82) is 0 Å². The van der Waals surface area contributed by atoms with Crippen LogP contribution in [0.2, 0.25) is 0 Å². The van der Waals surface area contributed by atoms with E-state index in [1.165, 1.54) is 12.1 Å². The molecule has 1 aromatic carbocycles. The van der Waals surface area contributed by atoms with E-state index >= 15 is 0 Å². The smallest absolute Gasteiger partial charge is 0.252 e. The monoisotopic (exact) mass is 379 g/mol.